The van der Waals surface area contributed by atoms with E-state index in [1.165, 1.54) is 0 Å². The summed E-state index contributed by atoms with van der Waals surface area (Å²) in [5, 5.41) is 2.96. The summed E-state index contributed by atoms with van der Waals surface area (Å²) in [6, 6.07) is 6.24. The van der Waals surface area contributed by atoms with Gasteiger partial charge in [0.15, 0.2) is 0 Å². The van der Waals surface area contributed by atoms with E-state index in [4.69, 9.17) is 4.74 Å². The van der Waals surface area contributed by atoms with Crippen LogP contribution in [0.2, 0.25) is 0 Å². The Morgan fingerprint density at radius 3 is 2.41 bits per heavy atom. The highest BCUT2D eigenvalue weighted by molar-refractivity contribution is 5.94. The summed E-state index contributed by atoms with van der Waals surface area (Å²) >= 11 is 0. The molecule has 1 aromatic carbocycles. The molecule has 0 atom stereocenters. The maximum atomic E-state index is 12.3. The lowest BCUT2D eigenvalue weighted by molar-refractivity contribution is -0.144. The number of benzene rings is 1. The summed E-state index contributed by atoms with van der Waals surface area (Å²) in [5.74, 6) is -0.358. The molecule has 5 nitrogen and oxygen atoms in total. The molecule has 0 bridgehead atoms. The first-order chi connectivity index (χ1) is 10.5. The van der Waals surface area contributed by atoms with Crippen LogP contribution in [0.15, 0.2) is 18.2 Å². The van der Waals surface area contributed by atoms with Crippen LogP contribution in [0.1, 0.15) is 30.9 Å². The van der Waals surface area contributed by atoms with E-state index in [1.54, 1.807) is 6.92 Å². The molecule has 1 amide bonds. The van der Waals surface area contributed by atoms with Gasteiger partial charge in [-0.3, -0.25) is 14.5 Å². The first-order valence-corrected chi connectivity index (χ1v) is 7.77. The van der Waals surface area contributed by atoms with Gasteiger partial charge in [0.1, 0.15) is 0 Å². The molecule has 1 aliphatic rings. The first-order valence-electron chi connectivity index (χ1n) is 7.77. The number of rotatable bonds is 7. The normalized spacial score (nSPS) is 14.0. The van der Waals surface area contributed by atoms with Gasteiger partial charge in [0.05, 0.1) is 19.7 Å². The molecule has 22 heavy (non-hydrogen) atoms. The third kappa shape index (κ3) is 4.56. The van der Waals surface area contributed by atoms with Crippen molar-refractivity contribution in [2.75, 3.05) is 25.0 Å². The van der Waals surface area contributed by atoms with Gasteiger partial charge >= 0.3 is 5.97 Å². The van der Waals surface area contributed by atoms with E-state index in [0.717, 1.165) is 29.7 Å². The molecule has 0 radical (unpaired) electrons. The Bertz CT molecular complexity index is 533. The molecule has 5 heteroatoms. The molecule has 0 spiro atoms. The molecule has 0 aliphatic heterocycles. The van der Waals surface area contributed by atoms with Gasteiger partial charge in [-0.05, 0) is 44.7 Å². The number of hydrogen-bond donors (Lipinski definition) is 1. The Balaban J connectivity index is 1.95. The minimum Gasteiger partial charge on any atom is -0.465 e. The van der Waals surface area contributed by atoms with E-state index >= 15 is 0 Å². The molecule has 1 saturated carbocycles. The Morgan fingerprint density at radius 2 is 1.86 bits per heavy atom. The van der Waals surface area contributed by atoms with Crippen LogP contribution in [0.5, 0.6) is 0 Å². The molecule has 1 aromatic rings. The second kappa shape index (κ2) is 7.40. The van der Waals surface area contributed by atoms with E-state index < -0.39 is 0 Å². The van der Waals surface area contributed by atoms with Crippen LogP contribution in [0, 0.1) is 13.8 Å². The molecular formula is C17H24N2O3. The van der Waals surface area contributed by atoms with Gasteiger partial charge in [-0.15, -0.1) is 0 Å². The van der Waals surface area contributed by atoms with E-state index in [0.29, 0.717) is 12.6 Å². The van der Waals surface area contributed by atoms with Gasteiger partial charge < -0.3 is 10.1 Å². The smallest absolute Gasteiger partial charge is 0.320 e. The number of anilines is 1. The van der Waals surface area contributed by atoms with Crippen molar-refractivity contribution in [3.63, 3.8) is 0 Å². The predicted octanol–water partition coefficient (Wildman–Crippen LogP) is 2.27. The zero-order chi connectivity index (χ0) is 16.1. The van der Waals surface area contributed by atoms with Crippen LogP contribution in [0.3, 0.4) is 0 Å². The van der Waals surface area contributed by atoms with Crippen molar-refractivity contribution in [2.45, 2.75) is 39.7 Å². The minimum absolute atomic E-state index is 0.0893. The molecule has 1 aliphatic carbocycles. The van der Waals surface area contributed by atoms with E-state index in [9.17, 15) is 9.59 Å². The highest BCUT2D eigenvalue weighted by Gasteiger charge is 2.32. The van der Waals surface area contributed by atoms with E-state index in [1.807, 2.05) is 36.9 Å². The largest absolute Gasteiger partial charge is 0.465 e. The number of amides is 1. The number of carbonyl (C=O) groups is 2. The topological polar surface area (TPSA) is 58.6 Å². The lowest BCUT2D eigenvalue weighted by atomic mass is 10.1. The van der Waals surface area contributed by atoms with Crippen LogP contribution in [-0.4, -0.2) is 42.5 Å². The third-order valence-corrected chi connectivity index (χ3v) is 3.79. The van der Waals surface area contributed by atoms with E-state index in [2.05, 4.69) is 5.32 Å². The Morgan fingerprint density at radius 1 is 1.23 bits per heavy atom. The summed E-state index contributed by atoms with van der Waals surface area (Å²) in [4.78, 5) is 25.8. The van der Waals surface area contributed by atoms with Crippen molar-refractivity contribution < 1.29 is 14.3 Å². The van der Waals surface area contributed by atoms with E-state index in [-0.39, 0.29) is 25.0 Å². The van der Waals surface area contributed by atoms with Crippen molar-refractivity contribution in [1.82, 2.24) is 4.90 Å². The van der Waals surface area contributed by atoms with Gasteiger partial charge in [-0.25, -0.2) is 0 Å². The number of hydrogen-bond acceptors (Lipinski definition) is 4. The molecule has 0 unspecified atom stereocenters. The second-order valence-electron chi connectivity index (χ2n) is 5.76. The maximum absolute atomic E-state index is 12.3. The lowest BCUT2D eigenvalue weighted by Crippen LogP contribution is -2.39. The quantitative estimate of drug-likeness (QED) is 0.785. The van der Waals surface area contributed by atoms with Gasteiger partial charge in [-0.1, -0.05) is 18.2 Å². The fraction of sp³-hybridized carbons (Fsp3) is 0.529. The molecule has 0 saturated heterocycles. The van der Waals surface area contributed by atoms with Crippen LogP contribution >= 0.6 is 0 Å². The van der Waals surface area contributed by atoms with Crippen LogP contribution < -0.4 is 5.32 Å². The number of para-hydroxylation sites is 1. The number of carbonyl (C=O) groups excluding carboxylic acids is 2. The fourth-order valence-corrected chi connectivity index (χ4v) is 2.50. The maximum Gasteiger partial charge on any atom is 0.320 e. The monoisotopic (exact) mass is 304 g/mol. The highest BCUT2D eigenvalue weighted by atomic mass is 16.5. The Labute approximate surface area is 131 Å². The first kappa shape index (κ1) is 16.5. The lowest BCUT2D eigenvalue weighted by Gasteiger charge is -2.21. The predicted molar refractivity (Wildman–Crippen MR) is 85.8 cm³/mol. The minimum atomic E-state index is -0.269. The van der Waals surface area contributed by atoms with Crippen molar-refractivity contribution in [2.24, 2.45) is 0 Å². The SMILES string of the molecule is CCOC(=O)CN(CC(=O)Nc1c(C)cccc1C)C1CC1. The molecule has 0 heterocycles. The number of nitrogens with one attached hydrogen (secondary N) is 1. The van der Waals surface area contributed by atoms with Crippen LogP contribution in [0.25, 0.3) is 0 Å². The molecule has 1 fully saturated rings. The molecule has 1 N–H and O–H groups in total. The summed E-state index contributed by atoms with van der Waals surface area (Å²) in [6.07, 6.45) is 2.08. The van der Waals surface area contributed by atoms with Crippen molar-refractivity contribution >= 4 is 17.6 Å². The average molecular weight is 304 g/mol. The van der Waals surface area contributed by atoms with Crippen molar-refractivity contribution in [1.29, 1.82) is 0 Å². The van der Waals surface area contributed by atoms with Crippen molar-refractivity contribution in [3.8, 4) is 0 Å². The highest BCUT2D eigenvalue weighted by Crippen LogP contribution is 2.27. The number of nitrogens with zero attached hydrogens (tertiary/aromatic N) is 1. The number of ether oxygens (including phenoxy) is 1. The second-order valence-corrected chi connectivity index (χ2v) is 5.76. The zero-order valence-corrected chi connectivity index (χ0v) is 13.5. The zero-order valence-electron chi connectivity index (χ0n) is 13.5. The van der Waals surface area contributed by atoms with Crippen molar-refractivity contribution in [3.05, 3.63) is 29.3 Å². The van der Waals surface area contributed by atoms with Crippen LogP contribution in [-0.2, 0) is 14.3 Å². The van der Waals surface area contributed by atoms with Gasteiger partial charge in [0, 0.05) is 11.7 Å². The fourth-order valence-electron chi connectivity index (χ4n) is 2.50. The molecule has 2 rings (SSSR count). The number of aryl methyl sites for hydroxylation is 2. The average Bonchev–Trinajstić information content (AvgIpc) is 3.27. The van der Waals surface area contributed by atoms with Gasteiger partial charge in [-0.2, -0.15) is 0 Å². The number of esters is 1. The standard InChI is InChI=1S/C17H24N2O3/c1-4-22-16(21)11-19(14-8-9-14)10-15(20)18-17-12(2)6-5-7-13(17)3/h5-7,14H,4,8-11H2,1-3H3,(H,18,20). The molecular weight excluding hydrogens is 280 g/mol. The molecule has 0 aromatic heterocycles. The summed E-state index contributed by atoms with van der Waals surface area (Å²) < 4.78 is 4.98. The van der Waals surface area contributed by atoms with Gasteiger partial charge in [0.25, 0.3) is 0 Å². The summed E-state index contributed by atoms with van der Waals surface area (Å²) in [7, 11) is 0. The molecule has 120 valence electrons. The van der Waals surface area contributed by atoms with Gasteiger partial charge in [0.2, 0.25) is 5.91 Å². The summed E-state index contributed by atoms with van der Waals surface area (Å²) in [6.45, 7) is 6.49. The summed E-state index contributed by atoms with van der Waals surface area (Å²) in [5.41, 5.74) is 2.94. The van der Waals surface area contributed by atoms with Crippen LogP contribution in [0.4, 0.5) is 5.69 Å². The third-order valence-electron chi connectivity index (χ3n) is 3.79. The Hall–Kier alpha value is -1.88. The Kier molecular flexibility index (Phi) is 5.55.